The molecule has 176 valence electrons. The molecule has 0 amide bonds. The van der Waals surface area contributed by atoms with E-state index in [1.165, 1.54) is 10.9 Å². The first-order valence-corrected chi connectivity index (χ1v) is 15.2. The maximum Gasteiger partial charge on any atom is 0.354 e. The number of anilines is 1. The molecule has 3 heterocycles. The molecule has 2 aliphatic heterocycles. The largest absolute Gasteiger partial charge is 0.414 e. The molecule has 31 heavy (non-hydrogen) atoms. The van der Waals surface area contributed by atoms with Crippen molar-refractivity contribution in [1.82, 2.24) is 14.5 Å². The van der Waals surface area contributed by atoms with Gasteiger partial charge in [-0.3, -0.25) is 4.57 Å². The fourth-order valence-corrected chi connectivity index (χ4v) is 16.1. The van der Waals surface area contributed by atoms with Crippen molar-refractivity contribution < 1.29 is 17.7 Å². The first kappa shape index (κ1) is 24.5. The zero-order chi connectivity index (χ0) is 23.1. The molecule has 0 radical (unpaired) electrons. The Hall–Kier alpha value is -1.12. The molecule has 1 aromatic rings. The molecule has 2 aliphatic rings. The fraction of sp³-hybridized carbons (Fsp3) is 0.850. The van der Waals surface area contributed by atoms with Crippen LogP contribution in [0.3, 0.4) is 0 Å². The zero-order valence-corrected chi connectivity index (χ0v) is 22.0. The Kier molecular flexibility index (Phi) is 7.14. The second-order valence-electron chi connectivity index (χ2n) is 9.90. The number of aromatic nitrogens is 3. The van der Waals surface area contributed by atoms with Gasteiger partial charge in [0.05, 0.1) is 12.7 Å². The van der Waals surface area contributed by atoms with Gasteiger partial charge in [-0.1, -0.05) is 55.4 Å². The number of nitrogen functional groups attached to an aromatic ring is 1. The lowest BCUT2D eigenvalue weighted by atomic mass is 10.2. The third kappa shape index (κ3) is 4.40. The van der Waals surface area contributed by atoms with E-state index >= 15 is 0 Å². The van der Waals surface area contributed by atoms with Gasteiger partial charge in [-0.2, -0.15) is 4.98 Å². The molecule has 0 saturated carbocycles. The topological polar surface area (TPSA) is 111 Å². The molecule has 0 bridgehead atoms. The molecule has 0 aromatic carbocycles. The average Bonchev–Trinajstić information content (AvgIpc) is 3.02. The number of nitrogens with two attached hydrogens (primary N) is 1. The first-order valence-electron chi connectivity index (χ1n) is 11.3. The molecule has 2 N–H and O–H groups in total. The van der Waals surface area contributed by atoms with Gasteiger partial charge in [-0.15, -0.1) is 0 Å². The Morgan fingerprint density at radius 2 is 1.58 bits per heavy atom. The van der Waals surface area contributed by atoms with Gasteiger partial charge >= 0.3 is 22.8 Å². The van der Waals surface area contributed by atoms with E-state index in [1.807, 2.05) is 0 Å². The second-order valence-corrected chi connectivity index (χ2v) is 18.7. The summed E-state index contributed by atoms with van der Waals surface area (Å²) >= 11 is 0. The van der Waals surface area contributed by atoms with Crippen molar-refractivity contribution >= 4 is 23.1 Å². The smallest absolute Gasteiger partial charge is 0.354 e. The van der Waals surface area contributed by atoms with Gasteiger partial charge in [0.25, 0.3) is 0 Å². The van der Waals surface area contributed by atoms with Crippen LogP contribution in [0.4, 0.5) is 5.95 Å². The summed E-state index contributed by atoms with van der Waals surface area (Å²) in [7, 11) is -5.32. The molecule has 11 heteroatoms. The quantitative estimate of drug-likeness (QED) is 0.651. The molecule has 2 saturated heterocycles. The van der Waals surface area contributed by atoms with E-state index in [0.29, 0.717) is 13.0 Å². The normalized spacial score (nSPS) is 28.2. The highest BCUT2D eigenvalue weighted by Crippen LogP contribution is 2.48. The van der Waals surface area contributed by atoms with Gasteiger partial charge in [0.15, 0.2) is 0 Å². The van der Waals surface area contributed by atoms with Crippen molar-refractivity contribution in [3.05, 3.63) is 16.8 Å². The summed E-state index contributed by atoms with van der Waals surface area (Å²) in [4.78, 5) is 20.1. The standard InChI is InChI=1S/C20H38N4O5Si2/c1-12(2)30(13(3)4)26-10-17-16(28-31(29-30,14(5)6)15(7)8)9-18(27-17)24-11-22-19(21)23-20(24)25/h11-18H,9-10H2,1-8H3,(H2,21,23,25)/t16-,17+,18+/m1/s1. The lowest BCUT2D eigenvalue weighted by Crippen LogP contribution is -2.65. The summed E-state index contributed by atoms with van der Waals surface area (Å²) in [5.74, 6) is -0.0473. The number of hydrogen-bond donors (Lipinski definition) is 1. The van der Waals surface area contributed by atoms with Crippen molar-refractivity contribution in [2.24, 2.45) is 0 Å². The number of fused-ring (bicyclic) bond motifs is 1. The van der Waals surface area contributed by atoms with Crippen molar-refractivity contribution in [3.63, 3.8) is 0 Å². The third-order valence-corrected chi connectivity index (χ3v) is 16.9. The highest BCUT2D eigenvalue weighted by molar-refractivity contribution is 6.83. The monoisotopic (exact) mass is 470 g/mol. The maximum absolute atomic E-state index is 12.4. The Balaban J connectivity index is 2.01. The minimum atomic E-state index is -2.70. The van der Waals surface area contributed by atoms with Gasteiger partial charge in [0.2, 0.25) is 5.95 Å². The molecule has 0 spiro atoms. The van der Waals surface area contributed by atoms with E-state index in [0.717, 1.165) is 0 Å². The first-order chi connectivity index (χ1) is 14.4. The van der Waals surface area contributed by atoms with Crippen LogP contribution in [0.15, 0.2) is 11.1 Å². The van der Waals surface area contributed by atoms with E-state index in [4.69, 9.17) is 23.4 Å². The predicted octanol–water partition coefficient (Wildman–Crippen LogP) is 3.46. The summed E-state index contributed by atoms with van der Waals surface area (Å²) in [5.41, 5.74) is 6.07. The van der Waals surface area contributed by atoms with Crippen LogP contribution in [0, 0.1) is 0 Å². The molecule has 0 aliphatic carbocycles. The fourth-order valence-electron chi connectivity index (χ4n) is 4.86. The highest BCUT2D eigenvalue weighted by atomic mass is 28.5. The lowest BCUT2D eigenvalue weighted by Gasteiger charge is -2.51. The number of rotatable bonds is 5. The Labute approximate surface area is 187 Å². The van der Waals surface area contributed by atoms with Gasteiger partial charge in [0, 0.05) is 6.42 Å². The van der Waals surface area contributed by atoms with Crippen LogP contribution in [-0.2, 0) is 17.7 Å². The average molecular weight is 471 g/mol. The molecular formula is C20H38N4O5Si2. The van der Waals surface area contributed by atoms with Crippen LogP contribution in [0.2, 0.25) is 22.2 Å². The summed E-state index contributed by atoms with van der Waals surface area (Å²) in [6.45, 7) is 17.9. The second kappa shape index (κ2) is 9.02. The molecule has 3 atom stereocenters. The minimum absolute atomic E-state index is 0.0473. The third-order valence-electron chi connectivity index (χ3n) is 6.58. The Morgan fingerprint density at radius 3 is 2.10 bits per heavy atom. The van der Waals surface area contributed by atoms with E-state index in [-0.39, 0.29) is 40.3 Å². The molecule has 1 aromatic heterocycles. The van der Waals surface area contributed by atoms with Crippen LogP contribution in [0.25, 0.3) is 0 Å². The van der Waals surface area contributed by atoms with Gasteiger partial charge in [-0.05, 0) is 22.2 Å². The minimum Gasteiger partial charge on any atom is -0.414 e. The summed E-state index contributed by atoms with van der Waals surface area (Å²) in [6.07, 6.45) is 0.869. The van der Waals surface area contributed by atoms with Crippen LogP contribution >= 0.6 is 0 Å². The number of ether oxygens (including phenoxy) is 1. The zero-order valence-electron chi connectivity index (χ0n) is 20.0. The van der Waals surface area contributed by atoms with Crippen LogP contribution in [-0.4, -0.2) is 50.5 Å². The van der Waals surface area contributed by atoms with Crippen LogP contribution in [0.5, 0.6) is 0 Å². The van der Waals surface area contributed by atoms with E-state index in [2.05, 4.69) is 65.4 Å². The van der Waals surface area contributed by atoms with E-state index in [1.54, 1.807) is 0 Å². The van der Waals surface area contributed by atoms with Crippen LogP contribution in [0.1, 0.15) is 68.0 Å². The molecule has 2 fully saturated rings. The highest BCUT2D eigenvalue weighted by Gasteiger charge is 2.60. The molecular weight excluding hydrogens is 432 g/mol. The van der Waals surface area contributed by atoms with E-state index in [9.17, 15) is 4.79 Å². The molecule has 3 rings (SSSR count). The van der Waals surface area contributed by atoms with Crippen molar-refractivity contribution in [1.29, 1.82) is 0 Å². The number of hydrogen-bond acceptors (Lipinski definition) is 8. The van der Waals surface area contributed by atoms with E-state index < -0.39 is 29.0 Å². The van der Waals surface area contributed by atoms with Gasteiger partial charge < -0.3 is 23.4 Å². The molecule has 0 unspecified atom stereocenters. The summed E-state index contributed by atoms with van der Waals surface area (Å²) in [5, 5.41) is 0. The van der Waals surface area contributed by atoms with Crippen LogP contribution < -0.4 is 11.4 Å². The van der Waals surface area contributed by atoms with Crippen molar-refractivity contribution in [3.8, 4) is 0 Å². The lowest BCUT2D eigenvalue weighted by molar-refractivity contribution is -0.0568. The maximum atomic E-state index is 12.4. The summed E-state index contributed by atoms with van der Waals surface area (Å²) < 4.78 is 28.5. The van der Waals surface area contributed by atoms with Gasteiger partial charge in [-0.25, -0.2) is 9.78 Å². The predicted molar refractivity (Wildman–Crippen MR) is 123 cm³/mol. The van der Waals surface area contributed by atoms with Crippen molar-refractivity contribution in [2.75, 3.05) is 12.3 Å². The Morgan fingerprint density at radius 1 is 1.00 bits per heavy atom. The SMILES string of the molecule is CC(C)[Si]1(C(C)C)OC[C@@H]2O[C@H](n3cnc(N)nc3=O)C[C@H]2O[Si](C(C)C)(C(C)C)O1. The molecule has 9 nitrogen and oxygen atoms in total. The van der Waals surface area contributed by atoms with Gasteiger partial charge in [0.1, 0.15) is 18.7 Å². The summed E-state index contributed by atoms with van der Waals surface area (Å²) in [6, 6.07) is 0. The Bertz CT molecular complexity index is 816. The number of nitrogens with zero attached hydrogens (tertiary/aromatic N) is 3. The van der Waals surface area contributed by atoms with Crippen molar-refractivity contribution in [2.45, 2.75) is 102 Å².